The van der Waals surface area contributed by atoms with Crippen LogP contribution in [0.3, 0.4) is 0 Å². The molecule has 0 saturated carbocycles. The number of hydrogen-bond donors (Lipinski definition) is 1. The number of halogens is 1. The average Bonchev–Trinajstić information content (AvgIpc) is 2.61. The van der Waals surface area contributed by atoms with Gasteiger partial charge in [-0.05, 0) is 49.7 Å². The van der Waals surface area contributed by atoms with E-state index in [1.165, 1.54) is 4.90 Å². The van der Waals surface area contributed by atoms with E-state index in [4.69, 9.17) is 11.6 Å². The summed E-state index contributed by atoms with van der Waals surface area (Å²) in [4.78, 5) is 14.1. The maximum atomic E-state index is 12.4. The van der Waals surface area contributed by atoms with Crippen molar-refractivity contribution in [2.75, 3.05) is 18.5 Å². The molecule has 138 valence electrons. The van der Waals surface area contributed by atoms with E-state index in [9.17, 15) is 13.2 Å². The molecule has 0 aliphatic rings. The van der Waals surface area contributed by atoms with Crippen LogP contribution in [-0.4, -0.2) is 27.9 Å². The summed E-state index contributed by atoms with van der Waals surface area (Å²) in [7, 11) is -1.97. The lowest BCUT2D eigenvalue weighted by atomic mass is 10.2. The Bertz CT molecular complexity index is 891. The van der Waals surface area contributed by atoms with Crippen LogP contribution in [0.1, 0.15) is 12.0 Å². The third kappa shape index (κ3) is 5.17. The molecule has 0 aliphatic carbocycles. The molecule has 0 aromatic heterocycles. The standard InChI is InChI=1S/C19H21ClN2O3S/c1-14-4-10-18(11-5-14)26(24,25)21-13-12-15(2)19(23)22(3)17-8-6-16(20)7-9-17/h4-11,21H,2,12-13H2,1,3H3. The molecule has 2 aromatic rings. The van der Waals surface area contributed by atoms with Crippen LogP contribution < -0.4 is 9.62 Å². The highest BCUT2D eigenvalue weighted by atomic mass is 35.5. The molecule has 0 unspecified atom stereocenters. The van der Waals surface area contributed by atoms with Crippen LogP contribution in [0, 0.1) is 6.92 Å². The molecule has 0 bridgehead atoms. The van der Waals surface area contributed by atoms with Crippen molar-refractivity contribution in [2.24, 2.45) is 0 Å². The molecule has 1 N–H and O–H groups in total. The lowest BCUT2D eigenvalue weighted by Crippen LogP contribution is -2.30. The Hall–Kier alpha value is -2.15. The minimum absolute atomic E-state index is 0.0925. The van der Waals surface area contributed by atoms with Crippen LogP contribution in [0.5, 0.6) is 0 Å². The first-order valence-corrected chi connectivity index (χ1v) is 9.84. The maximum absolute atomic E-state index is 12.4. The lowest BCUT2D eigenvalue weighted by molar-refractivity contribution is -0.115. The summed E-state index contributed by atoms with van der Waals surface area (Å²) in [6.45, 7) is 5.75. The van der Waals surface area contributed by atoms with E-state index in [1.54, 1.807) is 55.6 Å². The van der Waals surface area contributed by atoms with Crippen molar-refractivity contribution in [2.45, 2.75) is 18.2 Å². The minimum atomic E-state index is -3.61. The summed E-state index contributed by atoms with van der Waals surface area (Å²) in [5, 5.41) is 0.582. The van der Waals surface area contributed by atoms with Crippen molar-refractivity contribution in [1.82, 2.24) is 4.72 Å². The van der Waals surface area contributed by atoms with Crippen LogP contribution in [0.15, 0.2) is 65.6 Å². The highest BCUT2D eigenvalue weighted by molar-refractivity contribution is 7.89. The predicted octanol–water partition coefficient (Wildman–Crippen LogP) is 3.54. The summed E-state index contributed by atoms with van der Waals surface area (Å²) < 4.78 is 27.0. The van der Waals surface area contributed by atoms with E-state index in [0.717, 1.165) is 5.56 Å². The second-order valence-electron chi connectivity index (χ2n) is 5.90. The van der Waals surface area contributed by atoms with Gasteiger partial charge in [-0.2, -0.15) is 0 Å². The molecule has 2 aromatic carbocycles. The summed E-state index contributed by atoms with van der Waals surface area (Å²) in [5.74, 6) is -0.276. The molecule has 0 fully saturated rings. The van der Waals surface area contributed by atoms with Crippen LogP contribution in [0.25, 0.3) is 0 Å². The number of rotatable bonds is 7. The molecular weight excluding hydrogens is 372 g/mol. The van der Waals surface area contributed by atoms with E-state index in [2.05, 4.69) is 11.3 Å². The Morgan fingerprint density at radius 1 is 1.12 bits per heavy atom. The normalized spacial score (nSPS) is 11.2. The number of carbonyl (C=O) groups excluding carboxylic acids is 1. The van der Waals surface area contributed by atoms with Gasteiger partial charge in [0, 0.05) is 29.9 Å². The van der Waals surface area contributed by atoms with Gasteiger partial charge >= 0.3 is 0 Å². The third-order valence-corrected chi connectivity index (χ3v) is 5.60. The fourth-order valence-electron chi connectivity index (χ4n) is 2.26. The topological polar surface area (TPSA) is 66.5 Å². The van der Waals surface area contributed by atoms with Gasteiger partial charge in [0.2, 0.25) is 10.0 Å². The van der Waals surface area contributed by atoms with Crippen molar-refractivity contribution in [3.8, 4) is 0 Å². The highest BCUT2D eigenvalue weighted by Gasteiger charge is 2.17. The fourth-order valence-corrected chi connectivity index (χ4v) is 3.42. The van der Waals surface area contributed by atoms with Gasteiger partial charge in [0.15, 0.2) is 0 Å². The Morgan fingerprint density at radius 3 is 2.27 bits per heavy atom. The molecule has 2 rings (SSSR count). The monoisotopic (exact) mass is 392 g/mol. The number of anilines is 1. The number of aryl methyl sites for hydroxylation is 1. The number of nitrogens with zero attached hydrogens (tertiary/aromatic N) is 1. The first-order valence-electron chi connectivity index (χ1n) is 7.98. The Balaban J connectivity index is 1.92. The zero-order chi connectivity index (χ0) is 19.3. The molecule has 7 heteroatoms. The third-order valence-electron chi connectivity index (χ3n) is 3.87. The zero-order valence-electron chi connectivity index (χ0n) is 14.7. The molecule has 0 atom stereocenters. The smallest absolute Gasteiger partial charge is 0.253 e. The zero-order valence-corrected chi connectivity index (χ0v) is 16.3. The molecule has 0 heterocycles. The first-order chi connectivity index (χ1) is 12.2. The summed E-state index contributed by atoms with van der Waals surface area (Å²) in [5.41, 5.74) is 1.98. The number of carbonyl (C=O) groups is 1. The Kier molecular flexibility index (Phi) is 6.58. The fraction of sp³-hybridized carbons (Fsp3) is 0.211. The Labute approximate surface area is 159 Å². The van der Waals surface area contributed by atoms with E-state index in [-0.39, 0.29) is 23.8 Å². The number of benzene rings is 2. The maximum Gasteiger partial charge on any atom is 0.253 e. The summed E-state index contributed by atoms with van der Waals surface area (Å²) >= 11 is 5.84. The molecule has 26 heavy (non-hydrogen) atoms. The van der Waals surface area contributed by atoms with Crippen LogP contribution in [-0.2, 0) is 14.8 Å². The van der Waals surface area contributed by atoms with Crippen molar-refractivity contribution < 1.29 is 13.2 Å². The molecule has 5 nitrogen and oxygen atoms in total. The average molecular weight is 393 g/mol. The largest absolute Gasteiger partial charge is 0.312 e. The predicted molar refractivity (Wildman–Crippen MR) is 105 cm³/mol. The SMILES string of the molecule is C=C(CCNS(=O)(=O)c1ccc(C)cc1)C(=O)N(C)c1ccc(Cl)cc1. The number of amides is 1. The van der Waals surface area contributed by atoms with Gasteiger partial charge in [0.25, 0.3) is 5.91 Å². The van der Waals surface area contributed by atoms with Gasteiger partial charge in [0.1, 0.15) is 0 Å². The minimum Gasteiger partial charge on any atom is -0.312 e. The van der Waals surface area contributed by atoms with Crippen LogP contribution in [0.2, 0.25) is 5.02 Å². The van der Waals surface area contributed by atoms with Crippen LogP contribution in [0.4, 0.5) is 5.69 Å². The van der Waals surface area contributed by atoms with Gasteiger partial charge in [-0.1, -0.05) is 35.9 Å². The number of sulfonamides is 1. The Morgan fingerprint density at radius 2 is 1.69 bits per heavy atom. The van der Waals surface area contributed by atoms with Gasteiger partial charge in [-0.3, -0.25) is 4.79 Å². The van der Waals surface area contributed by atoms with E-state index < -0.39 is 10.0 Å². The van der Waals surface area contributed by atoms with Gasteiger partial charge in [-0.15, -0.1) is 0 Å². The molecule has 0 spiro atoms. The second-order valence-corrected chi connectivity index (χ2v) is 8.11. The molecule has 1 amide bonds. The summed E-state index contributed by atoms with van der Waals surface area (Å²) in [6.07, 6.45) is 0.210. The van der Waals surface area contributed by atoms with Gasteiger partial charge in [-0.25, -0.2) is 13.1 Å². The quantitative estimate of drug-likeness (QED) is 0.733. The lowest BCUT2D eigenvalue weighted by Gasteiger charge is -2.19. The van der Waals surface area contributed by atoms with Gasteiger partial charge in [0.05, 0.1) is 4.90 Å². The summed E-state index contributed by atoms with van der Waals surface area (Å²) in [6, 6.07) is 13.4. The number of nitrogens with one attached hydrogen (secondary N) is 1. The van der Waals surface area contributed by atoms with E-state index in [0.29, 0.717) is 16.3 Å². The molecule has 0 saturated heterocycles. The molecular formula is C19H21ClN2O3S. The van der Waals surface area contributed by atoms with E-state index >= 15 is 0 Å². The first kappa shape index (κ1) is 20.2. The van der Waals surface area contributed by atoms with E-state index in [1.807, 2.05) is 6.92 Å². The van der Waals surface area contributed by atoms with Crippen molar-refractivity contribution in [3.63, 3.8) is 0 Å². The van der Waals surface area contributed by atoms with Crippen molar-refractivity contribution in [3.05, 3.63) is 71.3 Å². The second kappa shape index (κ2) is 8.49. The van der Waals surface area contributed by atoms with Crippen LogP contribution >= 0.6 is 11.6 Å². The molecule has 0 aliphatic heterocycles. The highest BCUT2D eigenvalue weighted by Crippen LogP contribution is 2.19. The number of likely N-dealkylation sites (N-methyl/N-ethyl adjacent to an activating group) is 1. The van der Waals surface area contributed by atoms with Crippen molar-refractivity contribution >= 4 is 33.2 Å². The molecule has 0 radical (unpaired) electrons. The number of hydrogen-bond acceptors (Lipinski definition) is 3. The van der Waals surface area contributed by atoms with Crippen molar-refractivity contribution in [1.29, 1.82) is 0 Å². The van der Waals surface area contributed by atoms with Gasteiger partial charge < -0.3 is 4.90 Å².